The van der Waals surface area contributed by atoms with E-state index in [1.54, 1.807) is 11.8 Å². The zero-order valence-corrected chi connectivity index (χ0v) is 11.4. The van der Waals surface area contributed by atoms with Crippen molar-refractivity contribution in [1.82, 2.24) is 0 Å². The second-order valence-electron chi connectivity index (χ2n) is 4.49. The molecule has 2 nitrogen and oxygen atoms in total. The summed E-state index contributed by atoms with van der Waals surface area (Å²) in [6.07, 6.45) is 0. The zero-order valence-electron chi connectivity index (χ0n) is 10.6. The zero-order chi connectivity index (χ0) is 13.2. The molecule has 3 rings (SSSR count). The van der Waals surface area contributed by atoms with Gasteiger partial charge in [0.25, 0.3) is 0 Å². The molecule has 0 aliphatic carbocycles. The van der Waals surface area contributed by atoms with Gasteiger partial charge in [-0.25, -0.2) is 0 Å². The van der Waals surface area contributed by atoms with Gasteiger partial charge >= 0.3 is 6.92 Å². The van der Waals surface area contributed by atoms with Crippen LogP contribution in [0.1, 0.15) is 11.1 Å². The molecular weight excluding hydrogens is 253 g/mol. The van der Waals surface area contributed by atoms with Crippen LogP contribution in [0.3, 0.4) is 0 Å². The molecule has 0 bridgehead atoms. The lowest BCUT2D eigenvalue weighted by atomic mass is 9.64. The van der Waals surface area contributed by atoms with E-state index in [0.29, 0.717) is 6.61 Å². The van der Waals surface area contributed by atoms with Gasteiger partial charge in [0, 0.05) is 9.79 Å². The predicted molar refractivity (Wildman–Crippen MR) is 77.8 cm³/mol. The van der Waals surface area contributed by atoms with Crippen LogP contribution in [0, 0.1) is 11.3 Å². The monoisotopic (exact) mass is 265 g/mol. The molecule has 1 aliphatic rings. The fourth-order valence-electron chi connectivity index (χ4n) is 2.33. The third-order valence-corrected chi connectivity index (χ3v) is 4.43. The van der Waals surface area contributed by atoms with E-state index in [1.807, 2.05) is 24.3 Å². The molecule has 2 aromatic carbocycles. The van der Waals surface area contributed by atoms with Crippen molar-refractivity contribution in [2.24, 2.45) is 0 Å². The number of hydrogen-bond donors (Lipinski definition) is 0. The summed E-state index contributed by atoms with van der Waals surface area (Å²) in [6, 6.07) is 16.2. The first kappa shape index (κ1) is 12.3. The van der Waals surface area contributed by atoms with Crippen molar-refractivity contribution >= 4 is 24.1 Å². The molecule has 0 radical (unpaired) electrons. The average Bonchev–Trinajstić information content (AvgIpc) is 2.82. The first-order valence-corrected chi connectivity index (χ1v) is 7.01. The van der Waals surface area contributed by atoms with Gasteiger partial charge in [-0.3, -0.25) is 0 Å². The SMILES string of the molecule is CB1OCc2cccc(Sc3ccccc3C#N)c21. The Labute approximate surface area is 117 Å². The van der Waals surface area contributed by atoms with Gasteiger partial charge in [-0.15, -0.1) is 0 Å². The molecular formula is C15H12BNOS. The highest BCUT2D eigenvalue weighted by Gasteiger charge is 2.26. The van der Waals surface area contributed by atoms with Crippen molar-refractivity contribution < 1.29 is 4.65 Å². The molecule has 0 aromatic heterocycles. The highest BCUT2D eigenvalue weighted by atomic mass is 32.2. The summed E-state index contributed by atoms with van der Waals surface area (Å²) in [5.41, 5.74) is 3.24. The molecule has 0 atom stereocenters. The van der Waals surface area contributed by atoms with Crippen LogP contribution in [0.2, 0.25) is 6.82 Å². The highest BCUT2D eigenvalue weighted by molar-refractivity contribution is 7.99. The maximum Gasteiger partial charge on any atom is 0.325 e. The Morgan fingerprint density at radius 1 is 1.16 bits per heavy atom. The standard InChI is InChI=1S/C15H12BNOS/c1-16-15-12(10-18-16)6-4-8-14(15)19-13-7-3-2-5-11(13)9-17/h2-8H,10H2,1H3. The van der Waals surface area contributed by atoms with Gasteiger partial charge in [0.1, 0.15) is 6.07 Å². The number of fused-ring (bicyclic) bond motifs is 1. The lowest BCUT2D eigenvalue weighted by molar-refractivity contribution is 0.333. The maximum atomic E-state index is 9.15. The minimum atomic E-state index is 0.132. The van der Waals surface area contributed by atoms with E-state index in [4.69, 9.17) is 9.92 Å². The number of rotatable bonds is 2. The Kier molecular flexibility index (Phi) is 3.33. The molecule has 4 heteroatoms. The topological polar surface area (TPSA) is 33.0 Å². The Morgan fingerprint density at radius 2 is 1.95 bits per heavy atom. The van der Waals surface area contributed by atoms with Gasteiger partial charge in [-0.05, 0) is 29.2 Å². The summed E-state index contributed by atoms with van der Waals surface area (Å²) in [5.74, 6) is 0. The number of nitriles is 1. The fraction of sp³-hybridized carbons (Fsp3) is 0.133. The molecule has 92 valence electrons. The van der Waals surface area contributed by atoms with Crippen LogP contribution in [-0.2, 0) is 11.3 Å². The summed E-state index contributed by atoms with van der Waals surface area (Å²) in [4.78, 5) is 2.18. The molecule has 0 amide bonds. The largest absolute Gasteiger partial charge is 0.427 e. The normalized spacial score (nSPS) is 13.2. The molecule has 19 heavy (non-hydrogen) atoms. The van der Waals surface area contributed by atoms with Crippen LogP contribution in [0.5, 0.6) is 0 Å². The minimum Gasteiger partial charge on any atom is -0.427 e. The Bertz CT molecular complexity index is 665. The van der Waals surface area contributed by atoms with Crippen LogP contribution in [-0.4, -0.2) is 6.92 Å². The van der Waals surface area contributed by atoms with Crippen LogP contribution in [0.15, 0.2) is 52.3 Å². The lowest BCUT2D eigenvalue weighted by Crippen LogP contribution is -2.26. The van der Waals surface area contributed by atoms with E-state index < -0.39 is 0 Å². The fourth-order valence-corrected chi connectivity index (χ4v) is 3.49. The number of nitrogens with zero attached hydrogens (tertiary/aromatic N) is 1. The Morgan fingerprint density at radius 3 is 2.79 bits per heavy atom. The quantitative estimate of drug-likeness (QED) is 0.782. The Balaban J connectivity index is 2.01. The summed E-state index contributed by atoms with van der Waals surface area (Å²) in [6.45, 7) is 2.89. The van der Waals surface area contributed by atoms with Crippen molar-refractivity contribution in [2.75, 3.05) is 0 Å². The van der Waals surface area contributed by atoms with Crippen LogP contribution >= 0.6 is 11.8 Å². The second-order valence-corrected chi connectivity index (χ2v) is 5.58. The molecule has 0 saturated heterocycles. The van der Waals surface area contributed by atoms with E-state index in [9.17, 15) is 0 Å². The highest BCUT2D eigenvalue weighted by Crippen LogP contribution is 2.31. The van der Waals surface area contributed by atoms with Crippen LogP contribution in [0.25, 0.3) is 0 Å². The van der Waals surface area contributed by atoms with Crippen molar-refractivity contribution in [2.45, 2.75) is 23.2 Å². The number of hydrogen-bond acceptors (Lipinski definition) is 3. The van der Waals surface area contributed by atoms with Gasteiger partial charge in [0.05, 0.1) is 12.2 Å². The van der Waals surface area contributed by atoms with E-state index in [1.165, 1.54) is 15.9 Å². The molecule has 1 aliphatic heterocycles. The smallest absolute Gasteiger partial charge is 0.325 e. The molecule has 0 spiro atoms. The average molecular weight is 265 g/mol. The first-order valence-electron chi connectivity index (χ1n) is 6.20. The Hall–Kier alpha value is -1.70. The van der Waals surface area contributed by atoms with Crippen molar-refractivity contribution in [3.05, 3.63) is 53.6 Å². The number of benzene rings is 2. The maximum absolute atomic E-state index is 9.15. The molecule has 2 aromatic rings. The molecule has 1 heterocycles. The minimum absolute atomic E-state index is 0.132. The lowest BCUT2D eigenvalue weighted by Gasteiger charge is -2.09. The third-order valence-electron chi connectivity index (χ3n) is 3.28. The van der Waals surface area contributed by atoms with Gasteiger partial charge < -0.3 is 4.65 Å². The summed E-state index contributed by atoms with van der Waals surface area (Å²) in [7, 11) is 0. The predicted octanol–water partition coefficient (Wildman–Crippen LogP) is 3.07. The first-order chi connectivity index (χ1) is 9.29. The van der Waals surface area contributed by atoms with E-state index in [0.717, 1.165) is 10.5 Å². The molecule has 0 N–H and O–H groups in total. The van der Waals surface area contributed by atoms with Crippen LogP contribution < -0.4 is 5.46 Å². The van der Waals surface area contributed by atoms with Crippen molar-refractivity contribution in [3.8, 4) is 6.07 Å². The molecule has 0 unspecified atom stereocenters. The van der Waals surface area contributed by atoms with Crippen molar-refractivity contribution in [1.29, 1.82) is 5.26 Å². The van der Waals surface area contributed by atoms with E-state index in [-0.39, 0.29) is 6.92 Å². The van der Waals surface area contributed by atoms with Gasteiger partial charge in [-0.1, -0.05) is 42.9 Å². The van der Waals surface area contributed by atoms with E-state index >= 15 is 0 Å². The molecule has 0 fully saturated rings. The van der Waals surface area contributed by atoms with Crippen LogP contribution in [0.4, 0.5) is 0 Å². The van der Waals surface area contributed by atoms with Crippen molar-refractivity contribution in [3.63, 3.8) is 0 Å². The van der Waals surface area contributed by atoms with Gasteiger partial charge in [0.2, 0.25) is 0 Å². The summed E-state index contributed by atoms with van der Waals surface area (Å²) in [5, 5.41) is 9.15. The van der Waals surface area contributed by atoms with Gasteiger partial charge in [0.15, 0.2) is 0 Å². The second kappa shape index (κ2) is 5.12. The molecule has 0 saturated carbocycles. The summed E-state index contributed by atoms with van der Waals surface area (Å²) < 4.78 is 5.68. The van der Waals surface area contributed by atoms with Gasteiger partial charge in [-0.2, -0.15) is 5.26 Å². The summed E-state index contributed by atoms with van der Waals surface area (Å²) >= 11 is 1.65. The van der Waals surface area contributed by atoms with E-state index in [2.05, 4.69) is 31.1 Å². The third kappa shape index (κ3) is 2.27.